The number of aliphatic imine (C=N–C) groups is 1. The fourth-order valence-electron chi connectivity index (χ4n) is 4.47. The van der Waals surface area contributed by atoms with E-state index in [9.17, 15) is 18.0 Å². The number of fused-ring (bicyclic) bond motifs is 2. The van der Waals surface area contributed by atoms with Crippen LogP contribution >= 0.6 is 11.6 Å². The summed E-state index contributed by atoms with van der Waals surface area (Å²) in [6.45, 7) is 1.27. The van der Waals surface area contributed by atoms with Crippen molar-refractivity contribution in [2.45, 2.75) is 25.6 Å². The Morgan fingerprint density at radius 2 is 2.03 bits per heavy atom. The summed E-state index contributed by atoms with van der Waals surface area (Å²) < 4.78 is 42.3. The molecule has 3 aliphatic rings. The van der Waals surface area contributed by atoms with E-state index < -0.39 is 24.7 Å². The number of urea groups is 1. The summed E-state index contributed by atoms with van der Waals surface area (Å²) in [5.41, 5.74) is 6.71. The van der Waals surface area contributed by atoms with Gasteiger partial charge in [-0.2, -0.15) is 23.4 Å². The lowest BCUT2D eigenvalue weighted by atomic mass is 10.1. The van der Waals surface area contributed by atoms with E-state index in [0.717, 1.165) is 4.90 Å². The Balaban J connectivity index is 1.46. The van der Waals surface area contributed by atoms with Gasteiger partial charge in [-0.05, 0) is 12.5 Å². The van der Waals surface area contributed by atoms with Crippen LogP contribution in [-0.2, 0) is 0 Å². The van der Waals surface area contributed by atoms with Crippen LogP contribution in [0.25, 0.3) is 5.82 Å². The monoisotopic (exact) mass is 508 g/mol. The van der Waals surface area contributed by atoms with E-state index in [-0.39, 0.29) is 39.8 Å². The van der Waals surface area contributed by atoms with Crippen LogP contribution in [0, 0.1) is 5.92 Å². The fraction of sp³-hybridized carbons (Fsp3) is 0.350. The number of rotatable bonds is 3. The van der Waals surface area contributed by atoms with Crippen molar-refractivity contribution >= 4 is 29.5 Å². The number of pyridine rings is 1. The maximum Gasteiger partial charge on any atom is 0.399 e. The Hall–Kier alpha value is -3.65. The first kappa shape index (κ1) is 23.1. The van der Waals surface area contributed by atoms with Gasteiger partial charge in [0, 0.05) is 13.6 Å². The highest BCUT2D eigenvalue weighted by Crippen LogP contribution is 2.47. The smallest absolute Gasteiger partial charge is 0.398 e. The van der Waals surface area contributed by atoms with Crippen molar-refractivity contribution in [3.8, 4) is 5.82 Å². The van der Waals surface area contributed by atoms with E-state index >= 15 is 0 Å². The van der Waals surface area contributed by atoms with Gasteiger partial charge in [-0.3, -0.25) is 9.91 Å². The number of alkyl halides is 3. The summed E-state index contributed by atoms with van der Waals surface area (Å²) >= 11 is 6.24. The molecule has 2 amide bonds. The van der Waals surface area contributed by atoms with Crippen molar-refractivity contribution in [2.75, 3.05) is 18.9 Å². The van der Waals surface area contributed by atoms with Gasteiger partial charge < -0.3 is 11.1 Å². The van der Waals surface area contributed by atoms with Crippen LogP contribution in [0.3, 0.4) is 0 Å². The number of aromatic nitrogens is 4. The minimum atomic E-state index is -4.60. The standard InChI is InChI=1S/C20H20ClF3N10O/c1-3-13-15(25)18-27-8-14-16(33(18)31(13)2)11(20(22,23)24)9-32(14)19(35)30-10-6-12(21)17(26-7-10)34-28-4-5-29-34/h4-8,11,13H,3,9,25H2,1-2H3,(H,30,35)/t11?,13-/m1/s1. The second kappa shape index (κ2) is 8.23. The van der Waals surface area contributed by atoms with Crippen molar-refractivity contribution < 1.29 is 18.0 Å². The van der Waals surface area contributed by atoms with Gasteiger partial charge in [-0.15, -0.1) is 4.80 Å². The molecule has 2 atom stereocenters. The Kier molecular flexibility index (Phi) is 5.44. The Morgan fingerprint density at radius 1 is 1.31 bits per heavy atom. The van der Waals surface area contributed by atoms with Gasteiger partial charge in [0.15, 0.2) is 11.6 Å². The van der Waals surface area contributed by atoms with Gasteiger partial charge >= 0.3 is 12.2 Å². The van der Waals surface area contributed by atoms with Crippen molar-refractivity contribution in [1.29, 1.82) is 0 Å². The number of hydrogen-bond acceptors (Lipinski definition) is 8. The van der Waals surface area contributed by atoms with E-state index in [1.807, 2.05) is 6.92 Å². The number of halogens is 4. The number of nitrogens with zero attached hydrogens (tertiary/aromatic N) is 8. The summed E-state index contributed by atoms with van der Waals surface area (Å²) in [7, 11) is 1.65. The molecule has 0 saturated carbocycles. The SMILES string of the molecule is CC[C@@H]1C(N)=C2N=CC3=C(C(C(F)(F)F)CN3C(=O)Nc3cnc(-n4nccn4)c(Cl)c3)N2N1C. The molecule has 2 aromatic heterocycles. The molecule has 0 saturated heterocycles. The molecule has 0 radical (unpaired) electrons. The van der Waals surface area contributed by atoms with Crippen molar-refractivity contribution in [2.24, 2.45) is 16.6 Å². The fourth-order valence-corrected chi connectivity index (χ4v) is 4.71. The second-order valence-electron chi connectivity index (χ2n) is 8.10. The van der Waals surface area contributed by atoms with Crippen molar-refractivity contribution in [1.82, 2.24) is 34.9 Å². The quantitative estimate of drug-likeness (QED) is 0.654. The first-order valence-corrected chi connectivity index (χ1v) is 11.0. The normalized spacial score (nSPS) is 22.2. The lowest BCUT2D eigenvalue weighted by Gasteiger charge is -2.35. The van der Waals surface area contributed by atoms with Crippen LogP contribution in [0.2, 0.25) is 5.02 Å². The summed E-state index contributed by atoms with van der Waals surface area (Å²) in [5.74, 6) is -1.45. The maximum absolute atomic E-state index is 14.1. The average molecular weight is 509 g/mol. The van der Waals surface area contributed by atoms with E-state index in [1.165, 1.54) is 40.7 Å². The highest BCUT2D eigenvalue weighted by Gasteiger charge is 2.55. The molecule has 11 nitrogen and oxygen atoms in total. The molecule has 0 aromatic carbocycles. The number of nitrogens with one attached hydrogen (secondary N) is 1. The Bertz CT molecular complexity index is 1270. The van der Waals surface area contributed by atoms with Crippen LogP contribution in [0.1, 0.15) is 13.3 Å². The highest BCUT2D eigenvalue weighted by molar-refractivity contribution is 6.32. The summed E-state index contributed by atoms with van der Waals surface area (Å²) in [5, 5.41) is 13.6. The molecule has 184 valence electrons. The van der Waals surface area contributed by atoms with Gasteiger partial charge in [-0.25, -0.2) is 19.8 Å². The van der Waals surface area contributed by atoms with Crippen LogP contribution in [0.4, 0.5) is 23.7 Å². The number of nitrogens with two attached hydrogens (primary N) is 1. The minimum absolute atomic E-state index is 0.0430. The Morgan fingerprint density at radius 3 is 2.66 bits per heavy atom. The number of hydrogen-bond donors (Lipinski definition) is 2. The number of amides is 2. The largest absolute Gasteiger partial charge is 0.399 e. The van der Waals surface area contributed by atoms with Crippen LogP contribution in [0.5, 0.6) is 0 Å². The highest BCUT2D eigenvalue weighted by atomic mass is 35.5. The first-order valence-electron chi connectivity index (χ1n) is 10.6. The summed E-state index contributed by atoms with van der Waals surface area (Å²) in [6.07, 6.45) is 1.44. The van der Waals surface area contributed by atoms with Crippen molar-refractivity contribution in [3.05, 3.63) is 52.6 Å². The third kappa shape index (κ3) is 3.69. The molecule has 15 heteroatoms. The van der Waals surface area contributed by atoms with Crippen LogP contribution in [0.15, 0.2) is 52.6 Å². The Labute approximate surface area is 202 Å². The topological polar surface area (TPSA) is 121 Å². The van der Waals surface area contributed by atoms with Crippen LogP contribution < -0.4 is 11.1 Å². The van der Waals surface area contributed by atoms with E-state index in [0.29, 0.717) is 12.1 Å². The zero-order valence-corrected chi connectivity index (χ0v) is 19.3. The predicted molar refractivity (Wildman–Crippen MR) is 120 cm³/mol. The zero-order valence-electron chi connectivity index (χ0n) is 18.5. The molecule has 0 spiro atoms. The van der Waals surface area contributed by atoms with Gasteiger partial charge in [0.25, 0.3) is 0 Å². The number of carbonyl (C=O) groups excluding carboxylic acids is 1. The van der Waals surface area contributed by atoms with Crippen LogP contribution in [-0.4, -0.2) is 73.0 Å². The number of anilines is 1. The molecule has 0 aliphatic carbocycles. The summed E-state index contributed by atoms with van der Waals surface area (Å²) in [6, 6.07) is 0.323. The number of hydrazine groups is 1. The van der Waals surface area contributed by atoms with E-state index in [4.69, 9.17) is 17.3 Å². The lowest BCUT2D eigenvalue weighted by molar-refractivity contribution is -0.170. The molecule has 0 fully saturated rings. The predicted octanol–water partition coefficient (Wildman–Crippen LogP) is 2.71. The molecule has 2 aromatic rings. The molecule has 1 unspecified atom stereocenters. The molecular formula is C20H20ClF3N10O. The van der Waals surface area contributed by atoms with Gasteiger partial charge in [0.1, 0.15) is 5.92 Å². The van der Waals surface area contributed by atoms with E-state index in [2.05, 4.69) is 25.5 Å². The number of allylic oxidation sites excluding steroid dienone is 1. The summed E-state index contributed by atoms with van der Waals surface area (Å²) in [4.78, 5) is 23.7. The van der Waals surface area contributed by atoms with Gasteiger partial charge in [-0.1, -0.05) is 18.5 Å². The second-order valence-corrected chi connectivity index (χ2v) is 8.51. The third-order valence-corrected chi connectivity index (χ3v) is 6.36. The zero-order chi connectivity index (χ0) is 25.1. The van der Waals surface area contributed by atoms with Gasteiger partial charge in [0.2, 0.25) is 0 Å². The molecule has 5 rings (SSSR count). The van der Waals surface area contributed by atoms with Gasteiger partial charge in [0.05, 0.1) is 58.6 Å². The lowest BCUT2D eigenvalue weighted by Crippen LogP contribution is -2.43. The molecule has 0 bridgehead atoms. The number of likely N-dealkylation sites (N-methyl/N-ethyl adjacent to an activating group) is 1. The number of carbonyl (C=O) groups is 1. The molecule has 35 heavy (non-hydrogen) atoms. The molecule has 5 heterocycles. The first-order chi connectivity index (χ1) is 16.6. The molecular weight excluding hydrogens is 489 g/mol. The molecule has 3 aliphatic heterocycles. The van der Waals surface area contributed by atoms with E-state index in [1.54, 1.807) is 12.1 Å². The average Bonchev–Trinajstić information content (AvgIpc) is 3.51. The van der Waals surface area contributed by atoms with Crippen molar-refractivity contribution in [3.63, 3.8) is 0 Å². The third-order valence-electron chi connectivity index (χ3n) is 6.08. The molecule has 3 N–H and O–H groups in total. The minimum Gasteiger partial charge on any atom is -0.398 e. The maximum atomic E-state index is 14.1.